The summed E-state index contributed by atoms with van der Waals surface area (Å²) >= 11 is 29.4. The van der Waals surface area contributed by atoms with Crippen molar-refractivity contribution in [1.82, 2.24) is 34.5 Å². The van der Waals surface area contributed by atoms with Crippen LogP contribution in [-0.4, -0.2) is 207 Å². The molecule has 36 heteroatoms. The number of halogens is 12. The topological polar surface area (TPSA) is 256 Å². The van der Waals surface area contributed by atoms with Gasteiger partial charge in [0, 0.05) is 244 Å². The highest BCUT2D eigenvalue weighted by Crippen LogP contribution is 2.36. The Bertz CT molecular complexity index is 4830. The molecule has 4 aliphatic heterocycles. The second-order valence-electron chi connectivity index (χ2n) is 29.4. The molecule has 0 aromatic heterocycles. The van der Waals surface area contributed by atoms with Crippen LogP contribution in [-0.2, 0) is 56.1 Å². The van der Waals surface area contributed by atoms with Crippen molar-refractivity contribution >= 4 is 161 Å². The molecule has 0 spiro atoms. The van der Waals surface area contributed by atoms with E-state index in [1.807, 2.05) is 44.7 Å². The second-order valence-corrected chi connectivity index (χ2v) is 37.5. The van der Waals surface area contributed by atoms with Crippen molar-refractivity contribution < 1.29 is 72.3 Å². The van der Waals surface area contributed by atoms with Gasteiger partial charge in [0.15, 0.2) is 12.6 Å². The van der Waals surface area contributed by atoms with Gasteiger partial charge in [-0.3, -0.25) is 28.8 Å². The highest BCUT2D eigenvalue weighted by atomic mass is 79.9. The lowest BCUT2D eigenvalue weighted by molar-refractivity contribution is -0.130. The van der Waals surface area contributed by atoms with Crippen molar-refractivity contribution in [2.75, 3.05) is 127 Å². The van der Waals surface area contributed by atoms with Gasteiger partial charge in [-0.1, -0.05) is 116 Å². The Morgan fingerprint density at radius 2 is 0.868 bits per heavy atom. The molecule has 3 saturated carbocycles. The van der Waals surface area contributed by atoms with Crippen LogP contribution in [0.25, 0.3) is 0 Å². The Morgan fingerprint density at radius 3 is 1.20 bits per heavy atom. The van der Waals surface area contributed by atoms with Crippen LogP contribution in [0.5, 0.6) is 0 Å². The summed E-state index contributed by atoms with van der Waals surface area (Å²) < 4.78 is 125. The average molecular weight is 1950 g/mol. The summed E-state index contributed by atoms with van der Waals surface area (Å²) in [6.07, 6.45) is 10.8. The van der Waals surface area contributed by atoms with Gasteiger partial charge < -0.3 is 55.4 Å². The Morgan fingerprint density at radius 1 is 0.504 bits per heavy atom. The van der Waals surface area contributed by atoms with Crippen LogP contribution in [0.4, 0.5) is 39.0 Å². The molecule has 7 aromatic carbocycles. The third-order valence-electron chi connectivity index (χ3n) is 21.1. The molecule has 7 fully saturated rings. The number of carbonyl (C=O) groups is 6. The molecule has 121 heavy (non-hydrogen) atoms. The number of ether oxygens (including phenoxy) is 1. The van der Waals surface area contributed by atoms with E-state index < -0.39 is 36.5 Å². The van der Waals surface area contributed by atoms with Crippen LogP contribution < -0.4 is 31.1 Å². The number of hydrogen-bond donors (Lipinski definition) is 3. The molecule has 660 valence electrons. The summed E-state index contributed by atoms with van der Waals surface area (Å²) in [4.78, 5) is 78.7. The van der Waals surface area contributed by atoms with Gasteiger partial charge >= 0.3 is 0 Å². The van der Waals surface area contributed by atoms with Crippen molar-refractivity contribution in [3.63, 3.8) is 0 Å². The number of piperazine rings is 4. The van der Waals surface area contributed by atoms with Crippen LogP contribution in [0.2, 0.25) is 20.1 Å². The summed E-state index contributed by atoms with van der Waals surface area (Å²) in [6.45, 7) is 20.3. The Kier molecular flexibility index (Phi) is 41.4. The van der Waals surface area contributed by atoms with E-state index in [0.29, 0.717) is 112 Å². The van der Waals surface area contributed by atoms with Gasteiger partial charge in [-0.25, -0.2) is 38.8 Å². The minimum Gasteiger partial charge on any atom is -0.377 e. The SMILES string of the molecule is CC(=O)N1CCN(c2ccc(C=O)c(F)c2)CC1.CC(=O)N1CCN(c2ccc(CN(C3CCC3)S(=O)(=O)c3cc(Cl)cc(Cl)c3)c(F)c2)CC1.CC(=O)N1CCN(c2ccc(CNC3CCC3)c(F)c2)CC1.CC(=O)N1CCNCC1.COC(C)c1ccc(Br)cc1F.NC1CCC1.O=Cc1ccc(Br)cc1F.O=S(=O)(Cl)c1cc(Cl)cc(Cl)c1. The van der Waals surface area contributed by atoms with E-state index in [0.717, 1.165) is 85.6 Å². The molecule has 14 rings (SSSR count). The van der Waals surface area contributed by atoms with Crippen LogP contribution in [0.15, 0.2) is 146 Å². The summed E-state index contributed by atoms with van der Waals surface area (Å²) in [5.41, 5.74) is 9.55. The van der Waals surface area contributed by atoms with Gasteiger partial charge in [0.2, 0.25) is 33.7 Å². The summed E-state index contributed by atoms with van der Waals surface area (Å²) in [5.74, 6) is -1.42. The number of anilines is 3. The lowest BCUT2D eigenvalue weighted by Gasteiger charge is -2.37. The number of nitrogens with one attached hydrogen (secondary N) is 2. The molecule has 1 atom stereocenters. The molecule has 3 aliphatic carbocycles. The summed E-state index contributed by atoms with van der Waals surface area (Å²) in [5, 5.41) is 7.51. The fraction of sp³-hybridized carbons (Fsp3) is 0.435. The van der Waals surface area contributed by atoms with Crippen LogP contribution >= 0.6 is 88.9 Å². The quantitative estimate of drug-likeness (QED) is 0.0462. The van der Waals surface area contributed by atoms with E-state index in [9.17, 15) is 63.2 Å². The molecule has 1 unspecified atom stereocenters. The van der Waals surface area contributed by atoms with Gasteiger partial charge in [0.05, 0.1) is 27.0 Å². The first-order chi connectivity index (χ1) is 57.4. The maximum absolute atomic E-state index is 15.1. The van der Waals surface area contributed by atoms with Crippen molar-refractivity contribution in [2.45, 2.75) is 140 Å². The fourth-order valence-electron chi connectivity index (χ4n) is 13.0. The van der Waals surface area contributed by atoms with Crippen molar-refractivity contribution in [3.8, 4) is 0 Å². The lowest BCUT2D eigenvalue weighted by atomic mass is 9.93. The standard InChI is InChI=1S/C23H26Cl2FN3O3S.C17H24FN3O.C13H15FN2O2.C9H10BrFO.C7H4BrFO.C6H3Cl3O2S.C6H12N2O.C4H9N/c1-16(30)27-7-9-28(10-8-27)21-6-5-17(23(26)14-21)15-29(20-3-2-4-20)33(31,32)22-12-18(24)11-19(25)13-22;1-13(22)20-7-9-21(10-8-20)16-6-5-14(17(18)11-16)12-19-15-3-2-4-15;1-10(18)15-4-6-16(7-5-15)12-3-2-11(9-17)13(14)8-12;1-6(12-2)8-4-3-7(10)5-9(8)11;8-6-2-1-5(4-10)7(9)3-6;7-4-1-5(8)3-6(2-4)12(9,10)11;1-6(9)8-4-2-7-3-5-8;5-4-2-1-3-4/h5-6,11-14,20H,2-4,7-10,15H2,1H3;5-6,11,15,19H,2-4,7-10,12H2,1H3;2-3,8-9H,4-7H2,1H3;3-6H,1-2H3;1-4H;1-3H;7H,2-5H2,1H3;4H,1-3,5H2. The highest BCUT2D eigenvalue weighted by Gasteiger charge is 2.36. The number of amides is 4. The maximum atomic E-state index is 15.1. The monoisotopic (exact) mass is 1950 g/mol. The number of rotatable bonds is 16. The minimum absolute atomic E-state index is 0.00673. The zero-order chi connectivity index (χ0) is 88.8. The average Bonchev–Trinajstić information content (AvgIpc) is 0.771. The maximum Gasteiger partial charge on any atom is 0.261 e. The molecular weight excluding hydrogens is 1850 g/mol. The third kappa shape index (κ3) is 32.4. The van der Waals surface area contributed by atoms with E-state index in [4.69, 9.17) is 67.6 Å². The molecular formula is C85H103Br2Cl5F5N11O11S2. The van der Waals surface area contributed by atoms with Crippen molar-refractivity contribution in [1.29, 1.82) is 0 Å². The van der Waals surface area contributed by atoms with Gasteiger partial charge in [0.1, 0.15) is 29.1 Å². The van der Waals surface area contributed by atoms with E-state index in [1.165, 1.54) is 116 Å². The molecule has 0 radical (unpaired) electrons. The molecule has 4 saturated heterocycles. The van der Waals surface area contributed by atoms with Crippen LogP contribution in [0.1, 0.15) is 136 Å². The third-order valence-corrected chi connectivity index (χ3v) is 26.1. The van der Waals surface area contributed by atoms with Crippen LogP contribution in [0.3, 0.4) is 0 Å². The van der Waals surface area contributed by atoms with E-state index >= 15 is 4.39 Å². The number of carbonyl (C=O) groups excluding carboxylic acids is 6. The smallest absolute Gasteiger partial charge is 0.261 e. The molecule has 7 aromatic rings. The normalized spacial score (nSPS) is 16.3. The van der Waals surface area contributed by atoms with Crippen molar-refractivity contribution in [3.05, 3.63) is 213 Å². The lowest BCUT2D eigenvalue weighted by Crippen LogP contribution is -2.48. The predicted octanol–water partition coefficient (Wildman–Crippen LogP) is 16.5. The van der Waals surface area contributed by atoms with Crippen LogP contribution in [0, 0.1) is 29.1 Å². The Hall–Kier alpha value is -7.08. The number of aldehydes is 2. The number of benzene rings is 7. The molecule has 22 nitrogen and oxygen atoms in total. The van der Waals surface area contributed by atoms with E-state index in [2.05, 4.69) is 47.4 Å². The van der Waals surface area contributed by atoms with E-state index in [1.54, 1.807) is 81.0 Å². The summed E-state index contributed by atoms with van der Waals surface area (Å²) in [6, 6.07) is 33.3. The minimum atomic E-state index is -3.92. The first kappa shape index (κ1) is 101. The van der Waals surface area contributed by atoms with Crippen molar-refractivity contribution in [2.24, 2.45) is 5.73 Å². The van der Waals surface area contributed by atoms with Gasteiger partial charge in [0.25, 0.3) is 9.05 Å². The number of nitrogens with two attached hydrogens (primary N) is 1. The number of methoxy groups -OCH3 is 1. The second kappa shape index (κ2) is 49.6. The number of hydrogen-bond acceptors (Lipinski definition) is 17. The van der Waals surface area contributed by atoms with Gasteiger partial charge in [-0.15, -0.1) is 0 Å². The molecule has 4 heterocycles. The molecule has 4 N–H and O–H groups in total. The first-order valence-corrected chi connectivity index (χ1v) is 46.3. The highest BCUT2D eigenvalue weighted by molar-refractivity contribution is 9.10. The molecule has 7 aliphatic rings. The predicted molar refractivity (Wildman–Crippen MR) is 475 cm³/mol. The van der Waals surface area contributed by atoms with Gasteiger partial charge in [-0.05, 0) is 155 Å². The Balaban J connectivity index is 0.000000202. The zero-order valence-corrected chi connectivity index (χ0v) is 76.8. The molecule has 0 bridgehead atoms. The molecule has 4 amide bonds. The van der Waals surface area contributed by atoms with Gasteiger partial charge in [-0.2, -0.15) is 4.31 Å². The van der Waals surface area contributed by atoms with E-state index in [-0.39, 0.29) is 95.0 Å². The summed E-state index contributed by atoms with van der Waals surface area (Å²) in [7, 11) is -1.04. The fourth-order valence-corrected chi connectivity index (χ4v) is 17.5. The Labute approximate surface area is 747 Å². The largest absolute Gasteiger partial charge is 0.377 e. The zero-order valence-electron chi connectivity index (χ0n) is 68.2. The number of nitrogens with zero attached hydrogens (tertiary/aromatic N) is 8. The number of sulfonamides is 1. The first-order valence-electron chi connectivity index (χ1n) is 39.4.